The van der Waals surface area contributed by atoms with Crippen LogP contribution in [0.2, 0.25) is 5.02 Å². The van der Waals surface area contributed by atoms with Crippen LogP contribution in [0, 0.1) is 3.57 Å². The molecular weight excluding hydrogens is 464 g/mol. The smallest absolute Gasteiger partial charge is 0.252 e. The van der Waals surface area contributed by atoms with Crippen LogP contribution >= 0.6 is 50.1 Å². The van der Waals surface area contributed by atoms with Gasteiger partial charge in [-0.25, -0.2) is 0 Å². The van der Waals surface area contributed by atoms with E-state index in [1.165, 1.54) is 0 Å². The summed E-state index contributed by atoms with van der Waals surface area (Å²) in [5.41, 5.74) is 1.73. The van der Waals surface area contributed by atoms with Crippen LogP contribution in [0.25, 0.3) is 0 Å². The first-order valence-electron chi connectivity index (χ1n) is 6.52. The number of benzene rings is 2. The van der Waals surface area contributed by atoms with E-state index in [-0.39, 0.29) is 11.9 Å². The average molecular weight is 479 g/mol. The molecule has 110 valence electrons. The number of hydrogen-bond acceptors (Lipinski definition) is 1. The molecule has 0 bridgehead atoms. The SMILES string of the molecule is CCC(NC(=O)c1cc(Br)ccc1I)c1ccc(Cl)cc1. The topological polar surface area (TPSA) is 29.1 Å². The van der Waals surface area contributed by atoms with Crippen molar-refractivity contribution in [2.45, 2.75) is 19.4 Å². The van der Waals surface area contributed by atoms with Crippen LogP contribution in [0.5, 0.6) is 0 Å². The Kier molecular flexibility index (Phi) is 6.08. The molecule has 21 heavy (non-hydrogen) atoms. The van der Waals surface area contributed by atoms with Crippen molar-refractivity contribution in [3.8, 4) is 0 Å². The molecule has 2 nitrogen and oxygen atoms in total. The van der Waals surface area contributed by atoms with Gasteiger partial charge in [-0.05, 0) is 64.9 Å². The molecule has 2 rings (SSSR count). The fourth-order valence-electron chi connectivity index (χ4n) is 2.02. The van der Waals surface area contributed by atoms with Crippen molar-refractivity contribution in [2.75, 3.05) is 0 Å². The molecule has 1 N–H and O–H groups in total. The summed E-state index contributed by atoms with van der Waals surface area (Å²) in [4.78, 5) is 12.5. The molecule has 0 radical (unpaired) electrons. The van der Waals surface area contributed by atoms with Gasteiger partial charge in [-0.1, -0.05) is 46.6 Å². The van der Waals surface area contributed by atoms with E-state index >= 15 is 0 Å². The Balaban J connectivity index is 2.20. The van der Waals surface area contributed by atoms with Gasteiger partial charge in [0.1, 0.15) is 0 Å². The third kappa shape index (κ3) is 4.44. The highest BCUT2D eigenvalue weighted by molar-refractivity contribution is 14.1. The summed E-state index contributed by atoms with van der Waals surface area (Å²) >= 11 is 11.5. The quantitative estimate of drug-likeness (QED) is 0.571. The predicted molar refractivity (Wildman–Crippen MR) is 98.8 cm³/mol. The Morgan fingerprint density at radius 1 is 1.29 bits per heavy atom. The van der Waals surface area contributed by atoms with Gasteiger partial charge < -0.3 is 5.32 Å². The molecule has 0 aliphatic carbocycles. The van der Waals surface area contributed by atoms with Crippen LogP contribution in [0.3, 0.4) is 0 Å². The zero-order chi connectivity index (χ0) is 15.4. The first-order valence-corrected chi connectivity index (χ1v) is 8.77. The van der Waals surface area contributed by atoms with Crippen LogP contribution in [0.1, 0.15) is 35.3 Å². The molecule has 0 aromatic heterocycles. The van der Waals surface area contributed by atoms with Crippen LogP contribution in [-0.2, 0) is 0 Å². The van der Waals surface area contributed by atoms with Gasteiger partial charge in [-0.3, -0.25) is 4.79 Å². The van der Waals surface area contributed by atoms with Crippen molar-refractivity contribution < 1.29 is 4.79 Å². The van der Waals surface area contributed by atoms with Gasteiger partial charge in [0, 0.05) is 13.1 Å². The molecule has 0 aliphatic heterocycles. The lowest BCUT2D eigenvalue weighted by atomic mass is 10.0. The number of amides is 1. The number of carbonyl (C=O) groups is 1. The maximum Gasteiger partial charge on any atom is 0.252 e. The van der Waals surface area contributed by atoms with Crippen molar-refractivity contribution in [1.82, 2.24) is 5.32 Å². The highest BCUT2D eigenvalue weighted by atomic mass is 127. The third-order valence-electron chi connectivity index (χ3n) is 3.16. The standard InChI is InChI=1S/C16H14BrClINO/c1-2-15(10-3-6-12(18)7-4-10)20-16(21)13-9-11(17)5-8-14(13)19/h3-9,15H,2H2,1H3,(H,20,21). The van der Waals surface area contributed by atoms with Crippen LogP contribution in [-0.4, -0.2) is 5.91 Å². The Hall–Kier alpha value is -0.590. The summed E-state index contributed by atoms with van der Waals surface area (Å²) in [7, 11) is 0. The first kappa shape index (κ1) is 16.8. The van der Waals surface area contributed by atoms with Crippen molar-refractivity contribution >= 4 is 56.0 Å². The molecule has 1 atom stereocenters. The molecule has 2 aromatic rings. The van der Waals surface area contributed by atoms with E-state index in [0.717, 1.165) is 20.0 Å². The second kappa shape index (κ2) is 7.61. The van der Waals surface area contributed by atoms with Crippen molar-refractivity contribution in [3.05, 3.63) is 66.7 Å². The lowest BCUT2D eigenvalue weighted by Crippen LogP contribution is -2.28. The molecule has 0 fully saturated rings. The number of carbonyl (C=O) groups excluding carboxylic acids is 1. The molecule has 2 aromatic carbocycles. The minimum absolute atomic E-state index is 0.0236. The number of hydrogen-bond donors (Lipinski definition) is 1. The van der Waals surface area contributed by atoms with Gasteiger partial charge in [-0.15, -0.1) is 0 Å². The van der Waals surface area contributed by atoms with Crippen LogP contribution in [0.4, 0.5) is 0 Å². The highest BCUT2D eigenvalue weighted by Crippen LogP contribution is 2.22. The number of rotatable bonds is 4. The number of halogens is 3. The molecule has 5 heteroatoms. The first-order chi connectivity index (χ1) is 10.0. The van der Waals surface area contributed by atoms with Gasteiger partial charge in [0.25, 0.3) is 5.91 Å². The van der Waals surface area contributed by atoms with Gasteiger partial charge in [0.15, 0.2) is 0 Å². The van der Waals surface area contributed by atoms with E-state index < -0.39 is 0 Å². The van der Waals surface area contributed by atoms with Gasteiger partial charge in [-0.2, -0.15) is 0 Å². The van der Waals surface area contributed by atoms with E-state index in [4.69, 9.17) is 11.6 Å². The Morgan fingerprint density at radius 2 is 1.95 bits per heavy atom. The fraction of sp³-hybridized carbons (Fsp3) is 0.188. The molecular formula is C16H14BrClINO. The lowest BCUT2D eigenvalue weighted by molar-refractivity contribution is 0.0934. The van der Waals surface area contributed by atoms with Crippen molar-refractivity contribution in [2.24, 2.45) is 0 Å². The molecule has 1 unspecified atom stereocenters. The summed E-state index contributed by atoms with van der Waals surface area (Å²) in [6.07, 6.45) is 0.817. The van der Waals surface area contributed by atoms with Gasteiger partial charge in [0.2, 0.25) is 0 Å². The summed E-state index contributed by atoms with van der Waals surface area (Å²) in [5, 5.41) is 3.77. The Bertz CT molecular complexity index is 645. The average Bonchev–Trinajstić information content (AvgIpc) is 2.48. The summed E-state index contributed by atoms with van der Waals surface area (Å²) in [6, 6.07) is 13.2. The van der Waals surface area contributed by atoms with Crippen molar-refractivity contribution in [1.29, 1.82) is 0 Å². The predicted octanol–water partition coefficient (Wildman–Crippen LogP) is 5.59. The molecule has 0 saturated heterocycles. The maximum absolute atomic E-state index is 12.5. The molecule has 0 aliphatic rings. The lowest BCUT2D eigenvalue weighted by Gasteiger charge is -2.18. The number of nitrogens with one attached hydrogen (secondary N) is 1. The minimum Gasteiger partial charge on any atom is -0.345 e. The molecule has 0 heterocycles. The second-order valence-electron chi connectivity index (χ2n) is 4.61. The zero-order valence-electron chi connectivity index (χ0n) is 11.4. The normalized spacial score (nSPS) is 12.0. The van der Waals surface area contributed by atoms with Gasteiger partial charge in [0.05, 0.1) is 11.6 Å². The van der Waals surface area contributed by atoms with Crippen LogP contribution < -0.4 is 5.32 Å². The van der Waals surface area contributed by atoms with E-state index in [9.17, 15) is 4.79 Å². The third-order valence-corrected chi connectivity index (χ3v) is 4.84. The zero-order valence-corrected chi connectivity index (χ0v) is 15.9. The maximum atomic E-state index is 12.5. The fourth-order valence-corrected chi connectivity index (χ4v) is 3.09. The Morgan fingerprint density at radius 3 is 2.57 bits per heavy atom. The van der Waals surface area contributed by atoms with Gasteiger partial charge >= 0.3 is 0 Å². The Labute approximate surface area is 151 Å². The van der Waals surface area contributed by atoms with E-state index in [2.05, 4.69) is 43.8 Å². The molecule has 0 spiro atoms. The highest BCUT2D eigenvalue weighted by Gasteiger charge is 2.16. The van der Waals surface area contributed by atoms with E-state index in [1.807, 2.05) is 49.4 Å². The molecule has 1 amide bonds. The van der Waals surface area contributed by atoms with E-state index in [0.29, 0.717) is 10.6 Å². The summed E-state index contributed by atoms with van der Waals surface area (Å²) < 4.78 is 1.83. The second-order valence-corrected chi connectivity index (χ2v) is 7.12. The summed E-state index contributed by atoms with van der Waals surface area (Å²) in [6.45, 7) is 2.05. The van der Waals surface area contributed by atoms with Crippen molar-refractivity contribution in [3.63, 3.8) is 0 Å². The molecule has 0 saturated carbocycles. The summed E-state index contributed by atoms with van der Waals surface area (Å²) in [5.74, 6) is -0.0671. The van der Waals surface area contributed by atoms with E-state index in [1.54, 1.807) is 0 Å². The largest absolute Gasteiger partial charge is 0.345 e. The minimum atomic E-state index is -0.0671. The van der Waals surface area contributed by atoms with Crippen LogP contribution in [0.15, 0.2) is 46.9 Å². The monoisotopic (exact) mass is 477 g/mol.